The van der Waals surface area contributed by atoms with E-state index in [1.54, 1.807) is 12.1 Å². The molecule has 0 bridgehead atoms. The Kier molecular flexibility index (Phi) is 9.41. The van der Waals surface area contributed by atoms with Crippen molar-refractivity contribution >= 4 is 22.8 Å². The Balaban J connectivity index is 1.59. The molecule has 1 heterocycles. The van der Waals surface area contributed by atoms with Crippen LogP contribution in [0.1, 0.15) is 81.2 Å². The zero-order chi connectivity index (χ0) is 22.8. The van der Waals surface area contributed by atoms with Crippen molar-refractivity contribution in [2.24, 2.45) is 0 Å². The van der Waals surface area contributed by atoms with Crippen LogP contribution in [0.4, 0.5) is 0 Å². The summed E-state index contributed by atoms with van der Waals surface area (Å²) in [6, 6.07) is 6.03. The van der Waals surface area contributed by atoms with Gasteiger partial charge in [0.1, 0.15) is 6.04 Å². The summed E-state index contributed by atoms with van der Waals surface area (Å²) < 4.78 is 10.9. The Morgan fingerprint density at radius 2 is 1.69 bits per heavy atom. The van der Waals surface area contributed by atoms with Crippen LogP contribution in [0.15, 0.2) is 28.7 Å². The van der Waals surface area contributed by atoms with Gasteiger partial charge in [0.15, 0.2) is 17.1 Å². The lowest BCUT2D eigenvalue weighted by Gasteiger charge is -2.23. The van der Waals surface area contributed by atoms with E-state index in [1.165, 1.54) is 52.1 Å². The zero-order valence-electron chi connectivity index (χ0n) is 19.0. The van der Waals surface area contributed by atoms with Crippen molar-refractivity contribution in [2.45, 2.75) is 82.7 Å². The molecule has 1 unspecified atom stereocenters. The number of furan rings is 1. The van der Waals surface area contributed by atoms with E-state index in [0.29, 0.717) is 11.3 Å². The van der Waals surface area contributed by atoms with Crippen molar-refractivity contribution in [1.82, 2.24) is 10.6 Å². The van der Waals surface area contributed by atoms with E-state index < -0.39 is 18.6 Å². The molecule has 3 N–H and O–H groups in total. The summed E-state index contributed by atoms with van der Waals surface area (Å²) in [7, 11) is 1.53. The zero-order valence-corrected chi connectivity index (χ0v) is 19.0. The molecular weight excluding hydrogens is 408 g/mol. The van der Waals surface area contributed by atoms with Gasteiger partial charge >= 0.3 is 0 Å². The van der Waals surface area contributed by atoms with Gasteiger partial charge in [-0.3, -0.25) is 9.59 Å². The average molecular weight is 445 g/mol. The van der Waals surface area contributed by atoms with Crippen molar-refractivity contribution in [3.8, 4) is 5.75 Å². The van der Waals surface area contributed by atoms with Crippen molar-refractivity contribution in [3.05, 3.63) is 30.0 Å². The SMILES string of the molecule is COc1cccc2cc(C(=O)NC(CO)C(=O)NC3CCCCCCCCCCC3)oc12. The molecule has 0 spiro atoms. The Morgan fingerprint density at radius 1 is 1.06 bits per heavy atom. The van der Waals surface area contributed by atoms with Crippen LogP contribution in [0, 0.1) is 0 Å². The summed E-state index contributed by atoms with van der Waals surface area (Å²) in [5.41, 5.74) is 0.471. The molecule has 3 rings (SSSR count). The third-order valence-electron chi connectivity index (χ3n) is 6.21. The van der Waals surface area contributed by atoms with Gasteiger partial charge in [-0.25, -0.2) is 0 Å². The second-order valence-electron chi connectivity index (χ2n) is 8.66. The standard InChI is InChI=1S/C25H36N2O5/c1-31-21-15-11-12-18-16-22(32-23(18)21)25(30)27-20(17-28)24(29)26-19-13-9-7-5-3-2-4-6-8-10-14-19/h11-12,15-16,19-20,28H,2-10,13-14,17H2,1H3,(H,26,29)(H,27,30). The van der Waals surface area contributed by atoms with Crippen molar-refractivity contribution in [3.63, 3.8) is 0 Å². The molecule has 7 heteroatoms. The van der Waals surface area contributed by atoms with Crippen LogP contribution in [0.25, 0.3) is 11.0 Å². The third kappa shape index (κ3) is 6.73. The number of amides is 2. The largest absolute Gasteiger partial charge is 0.493 e. The van der Waals surface area contributed by atoms with Crippen LogP contribution in [0.5, 0.6) is 5.75 Å². The minimum atomic E-state index is -1.03. The van der Waals surface area contributed by atoms with Crippen LogP contribution in [0.3, 0.4) is 0 Å². The number of carbonyl (C=O) groups is 2. The molecule has 32 heavy (non-hydrogen) atoms. The number of rotatable bonds is 6. The second kappa shape index (κ2) is 12.5. The average Bonchev–Trinajstić information content (AvgIpc) is 3.23. The van der Waals surface area contributed by atoms with E-state index in [1.807, 2.05) is 12.1 Å². The van der Waals surface area contributed by atoms with Gasteiger partial charge in [-0.05, 0) is 25.0 Å². The molecule has 1 aliphatic rings. The molecule has 1 fully saturated rings. The number of hydrogen-bond donors (Lipinski definition) is 3. The highest BCUT2D eigenvalue weighted by Crippen LogP contribution is 2.28. The minimum Gasteiger partial charge on any atom is -0.493 e. The van der Waals surface area contributed by atoms with Gasteiger partial charge in [0.05, 0.1) is 13.7 Å². The van der Waals surface area contributed by atoms with E-state index in [2.05, 4.69) is 10.6 Å². The first-order valence-corrected chi connectivity index (χ1v) is 11.9. The van der Waals surface area contributed by atoms with Crippen molar-refractivity contribution < 1.29 is 23.8 Å². The lowest BCUT2D eigenvalue weighted by atomic mass is 9.97. The van der Waals surface area contributed by atoms with Gasteiger partial charge in [0.2, 0.25) is 5.91 Å². The molecule has 0 saturated heterocycles. The summed E-state index contributed by atoms with van der Waals surface area (Å²) in [5.74, 6) is -0.301. The number of carbonyl (C=O) groups excluding carboxylic acids is 2. The lowest BCUT2D eigenvalue weighted by Crippen LogP contribution is -2.51. The van der Waals surface area contributed by atoms with Crippen LogP contribution >= 0.6 is 0 Å². The maximum atomic E-state index is 12.8. The van der Waals surface area contributed by atoms with Crippen LogP contribution < -0.4 is 15.4 Å². The van der Waals surface area contributed by atoms with Crippen molar-refractivity contribution in [2.75, 3.05) is 13.7 Å². The van der Waals surface area contributed by atoms with E-state index >= 15 is 0 Å². The van der Waals surface area contributed by atoms with E-state index in [-0.39, 0.29) is 17.7 Å². The minimum absolute atomic E-state index is 0.0711. The summed E-state index contributed by atoms with van der Waals surface area (Å²) >= 11 is 0. The van der Waals surface area contributed by atoms with Gasteiger partial charge in [0.25, 0.3) is 5.91 Å². The van der Waals surface area contributed by atoms with Crippen LogP contribution in [-0.2, 0) is 4.79 Å². The molecule has 0 aliphatic heterocycles. The Hall–Kier alpha value is -2.54. The summed E-state index contributed by atoms with van der Waals surface area (Å²) in [4.78, 5) is 25.5. The molecule has 1 atom stereocenters. The highest BCUT2D eigenvalue weighted by atomic mass is 16.5. The quantitative estimate of drug-likeness (QED) is 0.616. The molecule has 1 aromatic carbocycles. The number of nitrogens with one attached hydrogen (secondary N) is 2. The first kappa shape index (κ1) is 24.1. The monoisotopic (exact) mass is 444 g/mol. The number of methoxy groups -OCH3 is 1. The number of para-hydroxylation sites is 1. The fourth-order valence-electron chi connectivity index (χ4n) is 4.34. The van der Waals surface area contributed by atoms with Gasteiger partial charge in [-0.1, -0.05) is 69.9 Å². The number of hydrogen-bond acceptors (Lipinski definition) is 5. The van der Waals surface area contributed by atoms with Gasteiger partial charge in [-0.2, -0.15) is 0 Å². The number of ether oxygens (including phenoxy) is 1. The highest BCUT2D eigenvalue weighted by molar-refractivity contribution is 5.99. The van der Waals surface area contributed by atoms with Crippen molar-refractivity contribution in [1.29, 1.82) is 0 Å². The highest BCUT2D eigenvalue weighted by Gasteiger charge is 2.25. The van der Waals surface area contributed by atoms with Gasteiger partial charge < -0.3 is 24.9 Å². The van der Waals surface area contributed by atoms with Gasteiger partial charge in [-0.15, -0.1) is 0 Å². The molecule has 176 valence electrons. The first-order valence-electron chi connectivity index (χ1n) is 11.9. The third-order valence-corrected chi connectivity index (χ3v) is 6.21. The summed E-state index contributed by atoms with van der Waals surface area (Å²) in [5, 5.41) is 16.2. The molecule has 1 aromatic heterocycles. The molecule has 1 saturated carbocycles. The summed E-state index contributed by atoms with van der Waals surface area (Å²) in [6.45, 7) is -0.478. The Morgan fingerprint density at radius 3 is 2.28 bits per heavy atom. The van der Waals surface area contributed by atoms with Crippen LogP contribution in [0.2, 0.25) is 0 Å². The van der Waals surface area contributed by atoms with Crippen LogP contribution in [-0.4, -0.2) is 42.7 Å². The van der Waals surface area contributed by atoms with E-state index in [9.17, 15) is 14.7 Å². The lowest BCUT2D eigenvalue weighted by molar-refractivity contribution is -0.124. The normalized spacial score (nSPS) is 17.7. The van der Waals surface area contributed by atoms with E-state index in [0.717, 1.165) is 31.1 Å². The predicted molar refractivity (Wildman–Crippen MR) is 124 cm³/mol. The molecular formula is C25H36N2O5. The molecule has 0 radical (unpaired) electrons. The topological polar surface area (TPSA) is 101 Å². The molecule has 7 nitrogen and oxygen atoms in total. The number of benzene rings is 1. The summed E-state index contributed by atoms with van der Waals surface area (Å²) in [6.07, 6.45) is 12.8. The number of aliphatic hydroxyl groups is 1. The second-order valence-corrected chi connectivity index (χ2v) is 8.66. The Bertz CT molecular complexity index is 866. The molecule has 2 aromatic rings. The maximum Gasteiger partial charge on any atom is 0.287 e. The fourth-order valence-corrected chi connectivity index (χ4v) is 4.34. The number of aliphatic hydroxyl groups excluding tert-OH is 1. The van der Waals surface area contributed by atoms with Gasteiger partial charge in [0, 0.05) is 11.4 Å². The smallest absolute Gasteiger partial charge is 0.287 e. The number of fused-ring (bicyclic) bond motifs is 1. The maximum absolute atomic E-state index is 12.8. The predicted octanol–water partition coefficient (Wildman–Crippen LogP) is 4.32. The molecule has 1 aliphatic carbocycles. The molecule has 2 amide bonds. The fraction of sp³-hybridized carbons (Fsp3) is 0.600. The first-order chi connectivity index (χ1) is 15.6. The Labute approximate surface area is 189 Å². The van der Waals surface area contributed by atoms with E-state index in [4.69, 9.17) is 9.15 Å².